The maximum atomic E-state index is 6.17. The summed E-state index contributed by atoms with van der Waals surface area (Å²) in [5.41, 5.74) is 2.19. The Morgan fingerprint density at radius 2 is 1.95 bits per heavy atom. The minimum absolute atomic E-state index is 0.243. The molecule has 0 amide bonds. The number of piperidine rings is 1. The average Bonchev–Trinajstić information content (AvgIpc) is 2.51. The van der Waals surface area contributed by atoms with E-state index in [0.717, 1.165) is 41.4 Å². The van der Waals surface area contributed by atoms with Crippen LogP contribution in [0.4, 0.5) is 0 Å². The molecule has 0 unspecified atom stereocenters. The second-order valence-electron chi connectivity index (χ2n) is 5.09. The molecule has 0 radical (unpaired) electrons. The van der Waals surface area contributed by atoms with E-state index in [1.54, 1.807) is 0 Å². The van der Waals surface area contributed by atoms with E-state index in [4.69, 9.17) is 16.3 Å². The largest absolute Gasteiger partial charge is 0.488 e. The second-order valence-corrected chi connectivity index (χ2v) is 5.53. The van der Waals surface area contributed by atoms with Crippen molar-refractivity contribution in [3.63, 3.8) is 0 Å². The molecule has 1 aliphatic rings. The fourth-order valence-electron chi connectivity index (χ4n) is 2.55. The second kappa shape index (κ2) is 6.29. The molecule has 3 heteroatoms. The number of ether oxygens (including phenoxy) is 1. The highest BCUT2D eigenvalue weighted by Gasteiger charge is 2.16. The van der Waals surface area contributed by atoms with E-state index in [2.05, 4.69) is 17.4 Å². The topological polar surface area (TPSA) is 21.3 Å². The van der Waals surface area contributed by atoms with Crippen molar-refractivity contribution in [1.29, 1.82) is 0 Å². The molecule has 1 aliphatic heterocycles. The zero-order valence-corrected chi connectivity index (χ0v) is 12.1. The van der Waals surface area contributed by atoms with Crippen LogP contribution in [-0.2, 0) is 0 Å². The molecule has 1 atom stereocenters. The van der Waals surface area contributed by atoms with Gasteiger partial charge in [-0.05, 0) is 43.1 Å². The molecule has 0 aliphatic carbocycles. The SMILES string of the molecule is Clc1ccc(O[C@@H]2CCCNC2)c(-c2ccccc2)c1. The van der Waals surface area contributed by atoms with Gasteiger partial charge in [-0.2, -0.15) is 0 Å². The predicted molar refractivity (Wildman–Crippen MR) is 83.4 cm³/mol. The molecule has 0 aromatic heterocycles. The van der Waals surface area contributed by atoms with Crippen molar-refractivity contribution in [1.82, 2.24) is 5.32 Å². The van der Waals surface area contributed by atoms with Gasteiger partial charge in [0.05, 0.1) is 0 Å². The van der Waals surface area contributed by atoms with Crippen molar-refractivity contribution in [2.24, 2.45) is 0 Å². The Hall–Kier alpha value is -1.51. The molecule has 0 bridgehead atoms. The van der Waals surface area contributed by atoms with E-state index in [1.807, 2.05) is 36.4 Å². The maximum absolute atomic E-state index is 6.17. The van der Waals surface area contributed by atoms with Gasteiger partial charge in [-0.25, -0.2) is 0 Å². The molecule has 1 N–H and O–H groups in total. The lowest BCUT2D eigenvalue weighted by Crippen LogP contribution is -2.37. The molecule has 104 valence electrons. The van der Waals surface area contributed by atoms with Crippen molar-refractivity contribution < 1.29 is 4.74 Å². The Morgan fingerprint density at radius 1 is 1.10 bits per heavy atom. The summed E-state index contributed by atoms with van der Waals surface area (Å²) in [5, 5.41) is 4.11. The van der Waals surface area contributed by atoms with Gasteiger partial charge in [0.15, 0.2) is 0 Å². The summed E-state index contributed by atoms with van der Waals surface area (Å²) in [5.74, 6) is 0.911. The number of hydrogen-bond acceptors (Lipinski definition) is 2. The van der Waals surface area contributed by atoms with Crippen LogP contribution in [0.3, 0.4) is 0 Å². The third-order valence-corrected chi connectivity index (χ3v) is 3.81. The van der Waals surface area contributed by atoms with E-state index in [9.17, 15) is 0 Å². The van der Waals surface area contributed by atoms with Crippen LogP contribution in [0.1, 0.15) is 12.8 Å². The Bertz CT molecular complexity index is 564. The molecule has 0 saturated carbocycles. The van der Waals surface area contributed by atoms with E-state index in [0.29, 0.717) is 0 Å². The van der Waals surface area contributed by atoms with Crippen LogP contribution in [0, 0.1) is 0 Å². The fourth-order valence-corrected chi connectivity index (χ4v) is 2.72. The van der Waals surface area contributed by atoms with Crippen molar-refractivity contribution in [3.05, 3.63) is 53.6 Å². The molecule has 20 heavy (non-hydrogen) atoms. The van der Waals surface area contributed by atoms with E-state index < -0.39 is 0 Å². The highest BCUT2D eigenvalue weighted by Crippen LogP contribution is 2.33. The Labute approximate surface area is 124 Å². The standard InChI is InChI=1S/C17H18ClNO/c18-14-8-9-17(20-15-7-4-10-19-12-15)16(11-14)13-5-2-1-3-6-13/h1-3,5-6,8-9,11,15,19H,4,7,10,12H2/t15-/m1/s1. The summed E-state index contributed by atoms with van der Waals surface area (Å²) in [6.07, 6.45) is 2.51. The third kappa shape index (κ3) is 3.14. The van der Waals surface area contributed by atoms with E-state index in [1.165, 1.54) is 6.42 Å². The normalized spacial score (nSPS) is 18.8. The summed E-state index contributed by atoms with van der Waals surface area (Å²) in [6, 6.07) is 16.1. The van der Waals surface area contributed by atoms with Crippen LogP contribution in [0.25, 0.3) is 11.1 Å². The van der Waals surface area contributed by atoms with Crippen molar-refractivity contribution in [2.75, 3.05) is 13.1 Å². The smallest absolute Gasteiger partial charge is 0.127 e. The number of rotatable bonds is 3. The highest BCUT2D eigenvalue weighted by molar-refractivity contribution is 6.31. The van der Waals surface area contributed by atoms with Gasteiger partial charge in [-0.15, -0.1) is 0 Å². The van der Waals surface area contributed by atoms with Gasteiger partial charge in [0.2, 0.25) is 0 Å². The zero-order valence-electron chi connectivity index (χ0n) is 11.3. The summed E-state index contributed by atoms with van der Waals surface area (Å²) >= 11 is 6.14. The van der Waals surface area contributed by atoms with Crippen molar-refractivity contribution in [3.8, 4) is 16.9 Å². The van der Waals surface area contributed by atoms with Crippen LogP contribution in [0.5, 0.6) is 5.75 Å². The van der Waals surface area contributed by atoms with Gasteiger partial charge in [-0.1, -0.05) is 41.9 Å². The van der Waals surface area contributed by atoms with Gasteiger partial charge < -0.3 is 10.1 Å². The molecule has 2 aromatic rings. The first-order valence-corrected chi connectivity index (χ1v) is 7.43. The molecular weight excluding hydrogens is 270 g/mol. The Balaban J connectivity index is 1.90. The molecule has 0 spiro atoms. The number of halogens is 1. The van der Waals surface area contributed by atoms with Crippen LogP contribution >= 0.6 is 11.6 Å². The summed E-state index contributed by atoms with van der Waals surface area (Å²) in [4.78, 5) is 0. The first-order chi connectivity index (χ1) is 9.83. The van der Waals surface area contributed by atoms with Crippen LogP contribution in [0.2, 0.25) is 5.02 Å². The zero-order chi connectivity index (χ0) is 13.8. The number of hydrogen-bond donors (Lipinski definition) is 1. The van der Waals surface area contributed by atoms with Crippen molar-refractivity contribution >= 4 is 11.6 Å². The van der Waals surface area contributed by atoms with Crippen LogP contribution < -0.4 is 10.1 Å². The first kappa shape index (κ1) is 13.5. The van der Waals surface area contributed by atoms with E-state index >= 15 is 0 Å². The van der Waals surface area contributed by atoms with Gasteiger partial charge >= 0.3 is 0 Å². The van der Waals surface area contributed by atoms with E-state index in [-0.39, 0.29) is 6.10 Å². The van der Waals surface area contributed by atoms with Gasteiger partial charge in [0.1, 0.15) is 11.9 Å². The predicted octanol–water partition coefficient (Wildman–Crippen LogP) is 4.14. The summed E-state index contributed by atoms with van der Waals surface area (Å²) in [7, 11) is 0. The molecule has 1 saturated heterocycles. The van der Waals surface area contributed by atoms with Gasteiger partial charge in [0, 0.05) is 17.1 Å². The number of benzene rings is 2. The molecular formula is C17H18ClNO. The monoisotopic (exact) mass is 287 g/mol. The minimum Gasteiger partial charge on any atom is -0.488 e. The minimum atomic E-state index is 0.243. The van der Waals surface area contributed by atoms with Crippen molar-refractivity contribution in [2.45, 2.75) is 18.9 Å². The maximum Gasteiger partial charge on any atom is 0.127 e. The van der Waals surface area contributed by atoms with Gasteiger partial charge in [0.25, 0.3) is 0 Å². The van der Waals surface area contributed by atoms with Gasteiger partial charge in [-0.3, -0.25) is 0 Å². The lowest BCUT2D eigenvalue weighted by atomic mass is 10.0. The summed E-state index contributed by atoms with van der Waals surface area (Å²) < 4.78 is 6.17. The molecule has 3 rings (SSSR count). The first-order valence-electron chi connectivity index (χ1n) is 7.05. The molecule has 2 nitrogen and oxygen atoms in total. The average molecular weight is 288 g/mol. The molecule has 1 fully saturated rings. The lowest BCUT2D eigenvalue weighted by Gasteiger charge is -2.25. The quantitative estimate of drug-likeness (QED) is 0.916. The third-order valence-electron chi connectivity index (χ3n) is 3.57. The van der Waals surface area contributed by atoms with Crippen LogP contribution in [-0.4, -0.2) is 19.2 Å². The fraction of sp³-hybridized carbons (Fsp3) is 0.294. The number of nitrogens with one attached hydrogen (secondary N) is 1. The highest BCUT2D eigenvalue weighted by atomic mass is 35.5. The Kier molecular flexibility index (Phi) is 4.24. The summed E-state index contributed by atoms with van der Waals surface area (Å²) in [6.45, 7) is 2.00. The lowest BCUT2D eigenvalue weighted by molar-refractivity contribution is 0.168. The van der Waals surface area contributed by atoms with Crippen LogP contribution in [0.15, 0.2) is 48.5 Å². The Morgan fingerprint density at radius 3 is 2.70 bits per heavy atom. The molecule has 2 aromatic carbocycles. The molecule has 1 heterocycles.